The molecule has 2 atom stereocenters. The van der Waals surface area contributed by atoms with Gasteiger partial charge in [0.15, 0.2) is 0 Å². The van der Waals surface area contributed by atoms with Gasteiger partial charge in [0.05, 0.1) is 53.7 Å². The molecule has 263 valence electrons. The molecule has 18 heteroatoms. The van der Waals surface area contributed by atoms with E-state index in [-0.39, 0.29) is 45.4 Å². The average Bonchev–Trinajstić information content (AvgIpc) is 3.06. The Balaban J connectivity index is -0.000000694. The minimum absolute atomic E-state index is 0. The number of hydrogen-bond acceptors (Lipinski definition) is 11. The van der Waals surface area contributed by atoms with Crippen LogP contribution in [0.15, 0.2) is 36.4 Å². The molecule has 0 heterocycles. The maximum atomic E-state index is 11.5. The fourth-order valence-electron chi connectivity index (χ4n) is 3.27. The third-order valence-corrected chi connectivity index (χ3v) is 5.50. The van der Waals surface area contributed by atoms with Gasteiger partial charge in [-0.2, -0.15) is 0 Å². The van der Waals surface area contributed by atoms with Crippen molar-refractivity contribution >= 4 is 70.6 Å². The van der Waals surface area contributed by atoms with Gasteiger partial charge in [-0.25, -0.2) is 4.84 Å². The van der Waals surface area contributed by atoms with Crippen LogP contribution in [0.25, 0.3) is 0 Å². The molecule has 2 aromatic rings. The molecule has 13 nitrogen and oxygen atoms in total. The summed E-state index contributed by atoms with van der Waals surface area (Å²) in [5.74, 6) is 1.60. The van der Waals surface area contributed by atoms with Gasteiger partial charge in [0, 0.05) is 24.2 Å². The number of hydrogen-bond donors (Lipinski definition) is 7. The first-order valence-electron chi connectivity index (χ1n) is 13.5. The van der Waals surface area contributed by atoms with Crippen LogP contribution in [-0.2, 0) is 19.1 Å². The minimum atomic E-state index is -0.925. The van der Waals surface area contributed by atoms with Crippen molar-refractivity contribution in [2.75, 3.05) is 54.6 Å². The molecule has 0 radical (unpaired) electrons. The van der Waals surface area contributed by atoms with E-state index in [0.717, 1.165) is 0 Å². The molecule has 0 aliphatic rings. The van der Waals surface area contributed by atoms with Crippen molar-refractivity contribution in [1.82, 2.24) is 20.7 Å². The SMILES string of the molecule is C.CC.COc1ccc(OC)c(C(O)CNC(=O)CNB(C)O)c1.COc1ccc(OC)c(C(O)CNC(=O)CNCl)c1.[I][V][I]. The number of carbonyl (C=O) groups is 2. The molecule has 0 aliphatic carbocycles. The summed E-state index contributed by atoms with van der Waals surface area (Å²) in [5.41, 5.74) is 1.07. The van der Waals surface area contributed by atoms with E-state index in [4.69, 9.17) is 35.7 Å². The summed E-state index contributed by atoms with van der Waals surface area (Å²) < 4.78 is 20.5. The molecule has 0 saturated heterocycles. The number of aliphatic hydroxyl groups is 2. The van der Waals surface area contributed by atoms with Gasteiger partial charge in [0.2, 0.25) is 11.8 Å². The number of halogens is 3. The Morgan fingerprint density at radius 2 is 1.20 bits per heavy atom. The van der Waals surface area contributed by atoms with E-state index >= 15 is 0 Å². The van der Waals surface area contributed by atoms with Crippen LogP contribution in [0, 0.1) is 0 Å². The van der Waals surface area contributed by atoms with Gasteiger partial charge in [-0.15, -0.1) is 0 Å². The van der Waals surface area contributed by atoms with Crippen LogP contribution in [0.5, 0.6) is 23.0 Å². The van der Waals surface area contributed by atoms with Crippen molar-refractivity contribution in [2.45, 2.75) is 40.3 Å². The van der Waals surface area contributed by atoms with Crippen LogP contribution < -0.4 is 39.6 Å². The standard InChI is InChI=1S/C13H21BN2O5.C12H17ClN2O4.C2H6.CH4.2HI.V/c1-14(19)16-8-13(18)15-7-11(17)10-6-9(20-2)4-5-12(10)21-3;1-18-8-3-4-11(19-2)9(5-8)10(16)6-14-12(17)7-15-13;1-2;;;;/h4-6,11,16-17,19H,7-8H2,1-3H3,(H,15,18);3-5,10,15-16H,6-7H2,1-2H3,(H,14,17);1-2H3;1H4;2*1H;/q;;;;;;+2/p-2. The monoisotopic (exact) mass is 935 g/mol. The summed E-state index contributed by atoms with van der Waals surface area (Å²) in [6.07, 6.45) is -1.82. The number of benzene rings is 2. The van der Waals surface area contributed by atoms with E-state index in [9.17, 15) is 19.8 Å². The number of nitrogens with one attached hydrogen (secondary N) is 4. The predicted molar refractivity (Wildman–Crippen MR) is 197 cm³/mol. The zero-order valence-corrected chi connectivity index (χ0v) is 32.9. The third-order valence-electron chi connectivity index (χ3n) is 5.36. The molecule has 0 bridgehead atoms. The van der Waals surface area contributed by atoms with E-state index in [1.54, 1.807) is 36.4 Å². The van der Waals surface area contributed by atoms with Crippen molar-refractivity contribution in [3.63, 3.8) is 0 Å². The average molecular weight is 936 g/mol. The molecule has 2 rings (SSSR count). The molecule has 0 saturated carbocycles. The molecule has 0 aliphatic heterocycles. The van der Waals surface area contributed by atoms with Crippen molar-refractivity contribution in [3.8, 4) is 23.0 Å². The predicted octanol–water partition coefficient (Wildman–Crippen LogP) is 3.58. The van der Waals surface area contributed by atoms with Gasteiger partial charge in [-0.05, 0) is 55.0 Å². The van der Waals surface area contributed by atoms with Gasteiger partial charge >= 0.3 is 56.5 Å². The Morgan fingerprint density at radius 1 is 0.826 bits per heavy atom. The molecule has 2 unspecified atom stereocenters. The summed E-state index contributed by atoms with van der Waals surface area (Å²) in [6, 6.07) is 10.2. The topological polar surface area (TPSA) is 180 Å². The summed E-state index contributed by atoms with van der Waals surface area (Å²) in [6.45, 7) is 5.55. The summed E-state index contributed by atoms with van der Waals surface area (Å²) in [5, 5.41) is 36.9. The summed E-state index contributed by atoms with van der Waals surface area (Å²) in [7, 11) is 5.94. The van der Waals surface area contributed by atoms with Gasteiger partial charge in [0.25, 0.3) is 0 Å². The quantitative estimate of drug-likeness (QED) is 0.0789. The number of rotatable bonds is 15. The number of amides is 2. The Bertz CT molecular complexity index is 1100. The molecule has 2 amide bonds. The third kappa shape index (κ3) is 21.6. The van der Waals surface area contributed by atoms with E-state index in [1.165, 1.54) is 35.3 Å². The molecule has 0 spiro atoms. The molecule has 46 heavy (non-hydrogen) atoms. The first-order chi connectivity index (χ1) is 21.5. The molecule has 0 fully saturated rings. The molecule has 0 aromatic heterocycles. The maximum absolute atomic E-state index is 11.5. The van der Waals surface area contributed by atoms with Crippen molar-refractivity contribution in [2.24, 2.45) is 0 Å². The second-order valence-corrected chi connectivity index (χ2v) is 20.3. The van der Waals surface area contributed by atoms with Crippen LogP contribution in [-0.4, -0.2) is 88.7 Å². The number of ether oxygens (including phenoxy) is 4. The van der Waals surface area contributed by atoms with Crippen LogP contribution in [0.2, 0.25) is 6.82 Å². The van der Waals surface area contributed by atoms with Gasteiger partial charge in [-0.3, -0.25) is 9.59 Å². The van der Waals surface area contributed by atoms with Gasteiger partial charge < -0.3 is 50.0 Å². The van der Waals surface area contributed by atoms with E-state index < -0.39 is 19.3 Å². The summed E-state index contributed by atoms with van der Waals surface area (Å²) >= 11 is 9.94. The second kappa shape index (κ2) is 31.1. The van der Waals surface area contributed by atoms with Gasteiger partial charge in [0.1, 0.15) is 23.0 Å². The Labute approximate surface area is 307 Å². The van der Waals surface area contributed by atoms with E-state index in [1.807, 2.05) is 13.8 Å². The molecular weight excluding hydrogens is 887 g/mol. The van der Waals surface area contributed by atoms with Crippen molar-refractivity contribution < 1.29 is 53.2 Å². The first-order valence-corrected chi connectivity index (χ1v) is 22.9. The van der Waals surface area contributed by atoms with Crippen LogP contribution >= 0.6 is 51.7 Å². The Kier molecular flexibility index (Phi) is 33.2. The van der Waals surface area contributed by atoms with Crippen molar-refractivity contribution in [1.29, 1.82) is 0 Å². The number of aliphatic hydroxyl groups excluding tert-OH is 2. The van der Waals surface area contributed by atoms with E-state index in [0.29, 0.717) is 43.6 Å². The van der Waals surface area contributed by atoms with E-state index in [2.05, 4.69) is 60.7 Å². The fourth-order valence-corrected chi connectivity index (χ4v) is 3.39. The second-order valence-electron chi connectivity index (χ2n) is 8.29. The van der Waals surface area contributed by atoms with Crippen molar-refractivity contribution in [3.05, 3.63) is 47.5 Å². The van der Waals surface area contributed by atoms with Crippen LogP contribution in [0.1, 0.15) is 44.6 Å². The van der Waals surface area contributed by atoms with Gasteiger partial charge in [-0.1, -0.05) is 21.3 Å². The zero-order valence-electron chi connectivity index (χ0n) is 26.4. The number of methoxy groups -OCH3 is 4. The normalized spacial score (nSPS) is 10.6. The molecular formula is C28H48BClI2N4O9V. The zero-order chi connectivity index (χ0) is 34.8. The Morgan fingerprint density at radius 3 is 1.50 bits per heavy atom. The molecule has 7 N–H and O–H groups in total. The molecule has 2 aromatic carbocycles. The fraction of sp³-hybridized carbons (Fsp3) is 0.500. The summed E-state index contributed by atoms with van der Waals surface area (Å²) in [4.78, 5) is 24.9. The van der Waals surface area contributed by atoms with Crippen LogP contribution in [0.4, 0.5) is 0 Å². The first kappa shape index (κ1) is 49.2. The Hall–Kier alpha value is -1.22. The number of carbonyl (C=O) groups excluding carboxylic acids is 2. The van der Waals surface area contributed by atoms with Crippen LogP contribution in [0.3, 0.4) is 0 Å².